The lowest BCUT2D eigenvalue weighted by molar-refractivity contribution is -0.141. The van der Waals surface area contributed by atoms with Crippen molar-refractivity contribution in [1.29, 1.82) is 0 Å². The normalized spacial score (nSPS) is 23.9. The molecular weight excluding hydrogens is 260 g/mol. The van der Waals surface area contributed by atoms with E-state index in [0.29, 0.717) is 32.4 Å². The Morgan fingerprint density at radius 3 is 2.40 bits per heavy atom. The maximum atomic E-state index is 12.0. The van der Waals surface area contributed by atoms with Crippen molar-refractivity contribution in [3.05, 3.63) is 0 Å². The SMILES string of the molecule is COC(=O)CC1CCN(C(=O)OC(C)(C)C)CCC1N. The van der Waals surface area contributed by atoms with Crippen molar-refractivity contribution in [1.82, 2.24) is 4.90 Å². The third-order valence-electron chi connectivity index (χ3n) is 3.42. The molecule has 116 valence electrons. The Hall–Kier alpha value is -1.30. The minimum absolute atomic E-state index is 0.0508. The Morgan fingerprint density at radius 1 is 1.25 bits per heavy atom. The standard InChI is InChI=1S/C14H26N2O4/c1-14(2,3)20-13(18)16-7-5-10(9-12(17)19-4)11(15)6-8-16/h10-11H,5-9,15H2,1-4H3. The van der Waals surface area contributed by atoms with Crippen LogP contribution in [0.3, 0.4) is 0 Å². The zero-order valence-electron chi connectivity index (χ0n) is 12.8. The molecule has 2 unspecified atom stereocenters. The molecule has 0 saturated carbocycles. The first-order valence-electron chi connectivity index (χ1n) is 7.03. The van der Waals surface area contributed by atoms with Crippen LogP contribution >= 0.6 is 0 Å². The molecule has 1 heterocycles. The third kappa shape index (κ3) is 5.36. The molecule has 0 aromatic rings. The molecule has 6 nitrogen and oxygen atoms in total. The lowest BCUT2D eigenvalue weighted by Gasteiger charge is -2.26. The van der Waals surface area contributed by atoms with E-state index in [4.69, 9.17) is 10.5 Å². The average molecular weight is 286 g/mol. The van der Waals surface area contributed by atoms with Crippen molar-refractivity contribution in [2.45, 2.75) is 51.7 Å². The van der Waals surface area contributed by atoms with Crippen LogP contribution in [-0.4, -0.2) is 48.8 Å². The molecule has 1 rings (SSSR count). The van der Waals surface area contributed by atoms with Crippen LogP contribution in [0.2, 0.25) is 0 Å². The van der Waals surface area contributed by atoms with Crippen LogP contribution in [0.25, 0.3) is 0 Å². The topological polar surface area (TPSA) is 81.9 Å². The molecule has 0 spiro atoms. The number of rotatable bonds is 2. The number of nitrogens with zero attached hydrogens (tertiary/aromatic N) is 1. The van der Waals surface area contributed by atoms with Gasteiger partial charge in [-0.05, 0) is 39.5 Å². The van der Waals surface area contributed by atoms with Gasteiger partial charge < -0.3 is 20.1 Å². The van der Waals surface area contributed by atoms with E-state index in [9.17, 15) is 9.59 Å². The molecule has 6 heteroatoms. The summed E-state index contributed by atoms with van der Waals surface area (Å²) >= 11 is 0. The first kappa shape index (κ1) is 16.8. The van der Waals surface area contributed by atoms with Crippen LogP contribution < -0.4 is 5.73 Å². The lowest BCUT2D eigenvalue weighted by atomic mass is 9.92. The van der Waals surface area contributed by atoms with Gasteiger partial charge in [0.15, 0.2) is 0 Å². The molecule has 2 N–H and O–H groups in total. The molecule has 1 aliphatic heterocycles. The van der Waals surface area contributed by atoms with Gasteiger partial charge in [-0.15, -0.1) is 0 Å². The van der Waals surface area contributed by atoms with Gasteiger partial charge in [-0.1, -0.05) is 0 Å². The number of carbonyl (C=O) groups is 2. The van der Waals surface area contributed by atoms with E-state index in [1.165, 1.54) is 7.11 Å². The highest BCUT2D eigenvalue weighted by Gasteiger charge is 2.29. The summed E-state index contributed by atoms with van der Waals surface area (Å²) in [5, 5.41) is 0. The van der Waals surface area contributed by atoms with Crippen LogP contribution in [-0.2, 0) is 14.3 Å². The van der Waals surface area contributed by atoms with Crippen LogP contribution in [0.15, 0.2) is 0 Å². The first-order chi connectivity index (χ1) is 9.23. The first-order valence-corrected chi connectivity index (χ1v) is 7.03. The van der Waals surface area contributed by atoms with Gasteiger partial charge in [-0.25, -0.2) is 4.79 Å². The number of methoxy groups -OCH3 is 1. The van der Waals surface area contributed by atoms with Crippen molar-refractivity contribution in [3.8, 4) is 0 Å². The van der Waals surface area contributed by atoms with Crippen LogP contribution in [0, 0.1) is 5.92 Å². The average Bonchev–Trinajstić information content (AvgIpc) is 2.50. The number of amides is 1. The predicted octanol–water partition coefficient (Wildman–Crippen LogP) is 1.52. The largest absolute Gasteiger partial charge is 0.469 e. The quantitative estimate of drug-likeness (QED) is 0.778. The van der Waals surface area contributed by atoms with Gasteiger partial charge in [0.2, 0.25) is 0 Å². The molecule has 1 amide bonds. The number of carbonyl (C=O) groups excluding carboxylic acids is 2. The number of ether oxygens (including phenoxy) is 2. The fourth-order valence-electron chi connectivity index (χ4n) is 2.25. The highest BCUT2D eigenvalue weighted by atomic mass is 16.6. The number of nitrogens with two attached hydrogens (primary N) is 1. The lowest BCUT2D eigenvalue weighted by Crippen LogP contribution is -2.37. The second kappa shape index (κ2) is 6.92. The van der Waals surface area contributed by atoms with E-state index in [1.54, 1.807) is 4.90 Å². The van der Waals surface area contributed by atoms with E-state index < -0.39 is 5.60 Å². The molecule has 0 aliphatic carbocycles. The zero-order valence-corrected chi connectivity index (χ0v) is 12.8. The maximum Gasteiger partial charge on any atom is 0.410 e. The summed E-state index contributed by atoms with van der Waals surface area (Å²) in [6.45, 7) is 6.65. The van der Waals surface area contributed by atoms with E-state index >= 15 is 0 Å². The Kier molecular flexibility index (Phi) is 5.80. The highest BCUT2D eigenvalue weighted by molar-refractivity contribution is 5.70. The Labute approximate surface area is 120 Å². The molecular formula is C14H26N2O4. The van der Waals surface area contributed by atoms with E-state index in [2.05, 4.69) is 4.74 Å². The Balaban J connectivity index is 2.57. The molecule has 1 saturated heterocycles. The summed E-state index contributed by atoms with van der Waals surface area (Å²) in [5.74, 6) is -0.203. The van der Waals surface area contributed by atoms with E-state index in [1.807, 2.05) is 20.8 Å². The maximum absolute atomic E-state index is 12.0. The second-order valence-corrected chi connectivity index (χ2v) is 6.25. The Morgan fingerprint density at radius 2 is 1.85 bits per heavy atom. The molecule has 2 atom stereocenters. The molecule has 0 aromatic carbocycles. The van der Waals surface area contributed by atoms with E-state index in [0.717, 1.165) is 0 Å². The summed E-state index contributed by atoms with van der Waals surface area (Å²) in [6, 6.07) is -0.0958. The molecule has 0 aromatic heterocycles. The van der Waals surface area contributed by atoms with Crippen molar-refractivity contribution in [2.24, 2.45) is 11.7 Å². The summed E-state index contributed by atoms with van der Waals surface area (Å²) in [6.07, 6.45) is 1.35. The molecule has 20 heavy (non-hydrogen) atoms. The van der Waals surface area contributed by atoms with Gasteiger partial charge in [-0.2, -0.15) is 0 Å². The highest BCUT2D eigenvalue weighted by Crippen LogP contribution is 2.22. The summed E-state index contributed by atoms with van der Waals surface area (Å²) < 4.78 is 10.0. The summed E-state index contributed by atoms with van der Waals surface area (Å²) in [4.78, 5) is 25.1. The minimum atomic E-state index is -0.503. The smallest absolute Gasteiger partial charge is 0.410 e. The van der Waals surface area contributed by atoms with Gasteiger partial charge >= 0.3 is 12.1 Å². The number of hydrogen-bond donors (Lipinski definition) is 1. The number of likely N-dealkylation sites (tertiary alicyclic amines) is 1. The van der Waals surface area contributed by atoms with Crippen molar-refractivity contribution < 1.29 is 19.1 Å². The van der Waals surface area contributed by atoms with Crippen LogP contribution in [0.5, 0.6) is 0 Å². The van der Waals surface area contributed by atoms with Gasteiger partial charge in [-0.3, -0.25) is 4.79 Å². The fraction of sp³-hybridized carbons (Fsp3) is 0.857. The van der Waals surface area contributed by atoms with Gasteiger partial charge in [0.1, 0.15) is 5.60 Å². The summed E-state index contributed by atoms with van der Waals surface area (Å²) in [5.41, 5.74) is 5.58. The molecule has 0 radical (unpaired) electrons. The third-order valence-corrected chi connectivity index (χ3v) is 3.42. The van der Waals surface area contributed by atoms with Gasteiger partial charge in [0.05, 0.1) is 7.11 Å². The predicted molar refractivity (Wildman–Crippen MR) is 75.1 cm³/mol. The van der Waals surface area contributed by atoms with Crippen LogP contribution in [0.4, 0.5) is 4.79 Å². The molecule has 1 fully saturated rings. The number of esters is 1. The fourth-order valence-corrected chi connectivity index (χ4v) is 2.25. The van der Waals surface area contributed by atoms with Gasteiger partial charge in [0, 0.05) is 25.6 Å². The van der Waals surface area contributed by atoms with Crippen molar-refractivity contribution in [2.75, 3.05) is 20.2 Å². The van der Waals surface area contributed by atoms with Crippen LogP contribution in [0.1, 0.15) is 40.0 Å². The molecule has 1 aliphatic rings. The second-order valence-electron chi connectivity index (χ2n) is 6.25. The minimum Gasteiger partial charge on any atom is -0.469 e. The van der Waals surface area contributed by atoms with Gasteiger partial charge in [0.25, 0.3) is 0 Å². The zero-order chi connectivity index (χ0) is 15.3. The van der Waals surface area contributed by atoms with Crippen molar-refractivity contribution in [3.63, 3.8) is 0 Å². The Bertz CT molecular complexity index is 352. The summed E-state index contributed by atoms with van der Waals surface area (Å²) in [7, 11) is 1.37. The monoisotopic (exact) mass is 286 g/mol. The van der Waals surface area contributed by atoms with E-state index in [-0.39, 0.29) is 24.0 Å². The number of hydrogen-bond acceptors (Lipinski definition) is 5. The molecule has 0 bridgehead atoms. The van der Waals surface area contributed by atoms with Crippen molar-refractivity contribution >= 4 is 12.1 Å².